The van der Waals surface area contributed by atoms with Crippen molar-refractivity contribution in [2.24, 2.45) is 0 Å². The quantitative estimate of drug-likeness (QED) is 0.625. The average Bonchev–Trinajstić information content (AvgIpc) is 2.44. The Kier molecular flexibility index (Phi) is 8.85. The third-order valence-electron chi connectivity index (χ3n) is 2.53. The van der Waals surface area contributed by atoms with Crippen LogP contribution in [0.2, 0.25) is 0 Å². The van der Waals surface area contributed by atoms with Crippen LogP contribution in [0.1, 0.15) is 20.3 Å². The Labute approximate surface area is 116 Å². The number of para-hydroxylation sites is 2. The molecule has 0 amide bonds. The molecule has 0 aliphatic rings. The van der Waals surface area contributed by atoms with Gasteiger partial charge in [-0.25, -0.2) is 0 Å². The molecule has 0 saturated heterocycles. The van der Waals surface area contributed by atoms with Crippen LogP contribution < -0.4 is 14.8 Å². The van der Waals surface area contributed by atoms with Crippen molar-refractivity contribution in [3.05, 3.63) is 24.3 Å². The molecule has 1 aromatic rings. The Balaban J connectivity index is 2.12. The van der Waals surface area contributed by atoms with E-state index in [9.17, 15) is 0 Å². The van der Waals surface area contributed by atoms with Gasteiger partial charge in [0.05, 0.1) is 6.61 Å². The van der Waals surface area contributed by atoms with Gasteiger partial charge in [-0.2, -0.15) is 0 Å². The number of ether oxygens (including phenoxy) is 3. The minimum atomic E-state index is 0.638. The first kappa shape index (κ1) is 15.8. The summed E-state index contributed by atoms with van der Waals surface area (Å²) in [5.74, 6) is 1.61. The molecule has 0 atom stereocenters. The summed E-state index contributed by atoms with van der Waals surface area (Å²) in [5.41, 5.74) is 0. The smallest absolute Gasteiger partial charge is 0.161 e. The van der Waals surface area contributed by atoms with E-state index in [2.05, 4.69) is 5.32 Å². The molecule has 4 heteroatoms. The largest absolute Gasteiger partial charge is 0.490 e. The molecular formula is C15H25NO3. The second kappa shape index (κ2) is 10.6. The van der Waals surface area contributed by atoms with E-state index in [-0.39, 0.29) is 0 Å². The Morgan fingerprint density at radius 3 is 2.32 bits per heavy atom. The van der Waals surface area contributed by atoms with E-state index in [1.54, 1.807) is 0 Å². The summed E-state index contributed by atoms with van der Waals surface area (Å²) in [6.07, 6.45) is 1.03. The summed E-state index contributed by atoms with van der Waals surface area (Å²) in [5, 5.41) is 3.32. The fraction of sp³-hybridized carbons (Fsp3) is 0.600. The second-order valence-corrected chi connectivity index (χ2v) is 4.03. The third kappa shape index (κ3) is 7.03. The van der Waals surface area contributed by atoms with E-state index < -0.39 is 0 Å². The summed E-state index contributed by atoms with van der Waals surface area (Å²) in [4.78, 5) is 0. The minimum absolute atomic E-state index is 0.638. The van der Waals surface area contributed by atoms with Crippen LogP contribution in [0.4, 0.5) is 0 Å². The van der Waals surface area contributed by atoms with Gasteiger partial charge in [0.25, 0.3) is 0 Å². The van der Waals surface area contributed by atoms with Crippen molar-refractivity contribution in [2.45, 2.75) is 20.3 Å². The predicted octanol–water partition coefficient (Wildman–Crippen LogP) is 2.48. The Morgan fingerprint density at radius 2 is 1.63 bits per heavy atom. The molecule has 0 heterocycles. The number of rotatable bonds is 11. The minimum Gasteiger partial charge on any atom is -0.490 e. The van der Waals surface area contributed by atoms with Crippen molar-refractivity contribution in [1.29, 1.82) is 0 Å². The second-order valence-electron chi connectivity index (χ2n) is 4.03. The van der Waals surface area contributed by atoms with Crippen molar-refractivity contribution in [2.75, 3.05) is 39.5 Å². The lowest BCUT2D eigenvalue weighted by molar-refractivity contribution is 0.144. The Hall–Kier alpha value is -1.26. The van der Waals surface area contributed by atoms with Gasteiger partial charge in [-0.3, -0.25) is 0 Å². The molecule has 4 nitrogen and oxygen atoms in total. The first-order valence-electron chi connectivity index (χ1n) is 7.01. The molecular weight excluding hydrogens is 242 g/mol. The molecule has 19 heavy (non-hydrogen) atoms. The van der Waals surface area contributed by atoms with E-state index in [0.29, 0.717) is 13.2 Å². The van der Waals surface area contributed by atoms with Crippen LogP contribution in [0.15, 0.2) is 24.3 Å². The van der Waals surface area contributed by atoms with Gasteiger partial charge in [-0.1, -0.05) is 12.1 Å². The lowest BCUT2D eigenvalue weighted by atomic mass is 10.3. The molecule has 0 bridgehead atoms. The van der Waals surface area contributed by atoms with Crippen LogP contribution in [-0.2, 0) is 4.74 Å². The van der Waals surface area contributed by atoms with Gasteiger partial charge in [0.2, 0.25) is 0 Å². The van der Waals surface area contributed by atoms with Gasteiger partial charge in [0.1, 0.15) is 6.61 Å². The van der Waals surface area contributed by atoms with E-state index in [1.165, 1.54) is 0 Å². The van der Waals surface area contributed by atoms with Gasteiger partial charge in [0, 0.05) is 19.8 Å². The molecule has 108 valence electrons. The lowest BCUT2D eigenvalue weighted by Crippen LogP contribution is -2.23. The fourth-order valence-corrected chi connectivity index (χ4v) is 1.65. The maximum absolute atomic E-state index is 5.70. The van der Waals surface area contributed by atoms with Gasteiger partial charge in [-0.05, 0) is 38.9 Å². The van der Waals surface area contributed by atoms with Crippen LogP contribution >= 0.6 is 0 Å². The predicted molar refractivity (Wildman–Crippen MR) is 77.1 cm³/mol. The zero-order chi connectivity index (χ0) is 13.8. The highest BCUT2D eigenvalue weighted by Gasteiger charge is 2.02. The molecule has 0 radical (unpaired) electrons. The van der Waals surface area contributed by atoms with E-state index in [1.807, 2.05) is 38.1 Å². The summed E-state index contributed by atoms with van der Waals surface area (Å²) >= 11 is 0. The maximum Gasteiger partial charge on any atom is 0.161 e. The first-order chi connectivity index (χ1) is 9.38. The maximum atomic E-state index is 5.70. The van der Waals surface area contributed by atoms with E-state index in [0.717, 1.165) is 44.2 Å². The van der Waals surface area contributed by atoms with Crippen molar-refractivity contribution in [1.82, 2.24) is 5.32 Å². The molecule has 0 saturated carbocycles. The van der Waals surface area contributed by atoms with E-state index >= 15 is 0 Å². The average molecular weight is 267 g/mol. The molecule has 0 spiro atoms. The van der Waals surface area contributed by atoms with Gasteiger partial charge in [-0.15, -0.1) is 0 Å². The van der Waals surface area contributed by atoms with Gasteiger partial charge >= 0.3 is 0 Å². The number of benzene rings is 1. The molecule has 1 N–H and O–H groups in total. The highest BCUT2D eigenvalue weighted by molar-refractivity contribution is 5.39. The molecule has 1 aromatic carbocycles. The van der Waals surface area contributed by atoms with Crippen molar-refractivity contribution >= 4 is 0 Å². The van der Waals surface area contributed by atoms with Gasteiger partial charge in [0.15, 0.2) is 11.5 Å². The highest BCUT2D eigenvalue weighted by atomic mass is 16.5. The summed E-state index contributed by atoms with van der Waals surface area (Å²) < 4.78 is 16.5. The summed E-state index contributed by atoms with van der Waals surface area (Å²) in [7, 11) is 0. The topological polar surface area (TPSA) is 39.7 Å². The summed E-state index contributed by atoms with van der Waals surface area (Å²) in [6, 6.07) is 7.76. The van der Waals surface area contributed by atoms with Crippen LogP contribution in [0.5, 0.6) is 11.5 Å². The zero-order valence-electron chi connectivity index (χ0n) is 12.0. The van der Waals surface area contributed by atoms with Crippen LogP contribution in [0, 0.1) is 0 Å². The third-order valence-corrected chi connectivity index (χ3v) is 2.53. The van der Waals surface area contributed by atoms with Crippen LogP contribution in [-0.4, -0.2) is 39.5 Å². The first-order valence-corrected chi connectivity index (χ1v) is 7.01. The van der Waals surface area contributed by atoms with Crippen molar-refractivity contribution in [3.8, 4) is 11.5 Å². The van der Waals surface area contributed by atoms with Gasteiger partial charge < -0.3 is 19.5 Å². The van der Waals surface area contributed by atoms with Crippen molar-refractivity contribution < 1.29 is 14.2 Å². The lowest BCUT2D eigenvalue weighted by Gasteiger charge is -2.11. The normalized spacial score (nSPS) is 10.4. The van der Waals surface area contributed by atoms with E-state index in [4.69, 9.17) is 14.2 Å². The standard InChI is InChI=1S/C15H25NO3/c1-3-17-12-7-10-16-11-13-19-15-9-6-5-8-14(15)18-4-2/h5-6,8-9,16H,3-4,7,10-13H2,1-2H3. The molecule has 0 fully saturated rings. The van der Waals surface area contributed by atoms with Crippen LogP contribution in [0.3, 0.4) is 0 Å². The molecule has 0 unspecified atom stereocenters. The molecule has 0 aliphatic carbocycles. The number of hydrogen-bond acceptors (Lipinski definition) is 4. The summed E-state index contributed by atoms with van der Waals surface area (Å²) in [6.45, 7) is 8.65. The molecule has 0 aromatic heterocycles. The number of nitrogens with one attached hydrogen (secondary N) is 1. The SMILES string of the molecule is CCOCCCNCCOc1ccccc1OCC. The highest BCUT2D eigenvalue weighted by Crippen LogP contribution is 2.25. The molecule has 0 aliphatic heterocycles. The zero-order valence-corrected chi connectivity index (χ0v) is 12.0. The molecule has 1 rings (SSSR count). The monoisotopic (exact) mass is 267 g/mol. The van der Waals surface area contributed by atoms with Crippen molar-refractivity contribution in [3.63, 3.8) is 0 Å². The van der Waals surface area contributed by atoms with Crippen LogP contribution in [0.25, 0.3) is 0 Å². The Morgan fingerprint density at radius 1 is 0.895 bits per heavy atom. The fourth-order valence-electron chi connectivity index (χ4n) is 1.65. The Bertz CT molecular complexity index is 331. The number of hydrogen-bond donors (Lipinski definition) is 1.